The molecule has 0 saturated carbocycles. The molecule has 0 spiro atoms. The molecular formula is C12H20N2O2. The van der Waals surface area contributed by atoms with Crippen LogP contribution in [0.5, 0.6) is 0 Å². The van der Waals surface area contributed by atoms with Gasteiger partial charge in [-0.25, -0.2) is 0 Å². The molecule has 0 bridgehead atoms. The lowest BCUT2D eigenvalue weighted by Crippen LogP contribution is -2.40. The van der Waals surface area contributed by atoms with E-state index < -0.39 is 5.41 Å². The maximum Gasteiger partial charge on any atom is 0.313 e. The van der Waals surface area contributed by atoms with Crippen LogP contribution in [0, 0.1) is 5.41 Å². The number of carbonyl (C=O) groups is 1. The Morgan fingerprint density at radius 1 is 1.50 bits per heavy atom. The normalized spacial score (nSPS) is 13.9. The van der Waals surface area contributed by atoms with Crippen LogP contribution in [-0.4, -0.2) is 37.1 Å². The molecule has 1 atom stereocenters. The number of rotatable bonds is 4. The Labute approximate surface area is 96.6 Å². The van der Waals surface area contributed by atoms with E-state index in [1.165, 1.54) is 7.11 Å². The van der Waals surface area contributed by atoms with Crippen molar-refractivity contribution in [2.24, 2.45) is 5.41 Å². The Bertz CT molecular complexity index is 342. The Kier molecular flexibility index (Phi) is 3.75. The minimum atomic E-state index is -0.594. The van der Waals surface area contributed by atoms with Crippen molar-refractivity contribution in [1.82, 2.24) is 9.88 Å². The lowest BCUT2D eigenvalue weighted by Gasteiger charge is -2.35. The van der Waals surface area contributed by atoms with Crippen molar-refractivity contribution < 1.29 is 9.53 Å². The molecule has 0 fully saturated rings. The number of hydrogen-bond acceptors (Lipinski definition) is 3. The molecule has 1 heterocycles. The smallest absolute Gasteiger partial charge is 0.313 e. The third-order valence-corrected chi connectivity index (χ3v) is 2.83. The van der Waals surface area contributed by atoms with Gasteiger partial charge in [0.25, 0.3) is 0 Å². The van der Waals surface area contributed by atoms with Crippen LogP contribution in [0.25, 0.3) is 0 Å². The first-order chi connectivity index (χ1) is 7.41. The molecule has 1 rings (SSSR count). The number of H-pyrrole nitrogens is 1. The van der Waals surface area contributed by atoms with Gasteiger partial charge < -0.3 is 14.6 Å². The van der Waals surface area contributed by atoms with Crippen LogP contribution in [0.2, 0.25) is 0 Å². The summed E-state index contributed by atoms with van der Waals surface area (Å²) in [5.74, 6) is -0.208. The highest BCUT2D eigenvalue weighted by Gasteiger charge is 2.40. The van der Waals surface area contributed by atoms with Crippen molar-refractivity contribution in [3.8, 4) is 0 Å². The topological polar surface area (TPSA) is 45.3 Å². The second-order valence-electron chi connectivity index (χ2n) is 4.70. The average Bonchev–Trinajstić information content (AvgIpc) is 2.68. The molecule has 0 saturated heterocycles. The van der Waals surface area contributed by atoms with E-state index in [0.29, 0.717) is 0 Å². The van der Waals surface area contributed by atoms with E-state index in [-0.39, 0.29) is 12.0 Å². The minimum absolute atomic E-state index is 0.0325. The number of hydrogen-bond donors (Lipinski definition) is 1. The second kappa shape index (κ2) is 4.70. The van der Waals surface area contributed by atoms with Crippen LogP contribution < -0.4 is 0 Å². The number of aromatic nitrogens is 1. The summed E-state index contributed by atoms with van der Waals surface area (Å²) in [7, 11) is 5.33. The predicted molar refractivity (Wildman–Crippen MR) is 63.0 cm³/mol. The van der Waals surface area contributed by atoms with E-state index in [9.17, 15) is 4.79 Å². The van der Waals surface area contributed by atoms with Crippen molar-refractivity contribution in [3.05, 3.63) is 24.0 Å². The SMILES string of the molecule is COC(=O)C(C)(C)C(c1ccc[nH]1)N(C)C. The molecule has 16 heavy (non-hydrogen) atoms. The quantitative estimate of drug-likeness (QED) is 0.793. The number of carbonyl (C=O) groups excluding carboxylic acids is 1. The van der Waals surface area contributed by atoms with E-state index >= 15 is 0 Å². The Balaban J connectivity index is 3.08. The summed E-state index contributed by atoms with van der Waals surface area (Å²) in [4.78, 5) is 17.0. The van der Waals surface area contributed by atoms with Gasteiger partial charge in [0.05, 0.1) is 18.6 Å². The number of nitrogens with zero attached hydrogens (tertiary/aromatic N) is 1. The molecule has 4 heteroatoms. The van der Waals surface area contributed by atoms with E-state index in [4.69, 9.17) is 4.74 Å². The molecule has 1 aromatic rings. The summed E-state index contributed by atoms with van der Waals surface area (Å²) >= 11 is 0. The first kappa shape index (κ1) is 12.8. The molecule has 0 aliphatic rings. The third kappa shape index (κ3) is 2.27. The number of methoxy groups -OCH3 is 1. The summed E-state index contributed by atoms with van der Waals surface area (Å²) in [6, 6.07) is 3.88. The number of aromatic amines is 1. The van der Waals surface area contributed by atoms with Crippen LogP contribution in [0.4, 0.5) is 0 Å². The van der Waals surface area contributed by atoms with Crippen molar-refractivity contribution >= 4 is 5.97 Å². The molecule has 0 amide bonds. The fourth-order valence-corrected chi connectivity index (χ4v) is 2.20. The zero-order valence-electron chi connectivity index (χ0n) is 10.6. The van der Waals surface area contributed by atoms with Crippen LogP contribution in [0.15, 0.2) is 18.3 Å². The first-order valence-electron chi connectivity index (χ1n) is 5.29. The zero-order chi connectivity index (χ0) is 12.3. The molecule has 0 aliphatic heterocycles. The lowest BCUT2D eigenvalue weighted by atomic mass is 9.82. The van der Waals surface area contributed by atoms with Crippen LogP contribution in [0.1, 0.15) is 25.6 Å². The summed E-state index contributed by atoms with van der Waals surface area (Å²) in [6.07, 6.45) is 1.86. The highest BCUT2D eigenvalue weighted by molar-refractivity contribution is 5.77. The van der Waals surface area contributed by atoms with Gasteiger partial charge >= 0.3 is 5.97 Å². The van der Waals surface area contributed by atoms with Gasteiger partial charge in [-0.1, -0.05) is 0 Å². The molecule has 0 aliphatic carbocycles. The molecule has 4 nitrogen and oxygen atoms in total. The first-order valence-corrected chi connectivity index (χ1v) is 5.29. The van der Waals surface area contributed by atoms with E-state index in [0.717, 1.165) is 5.69 Å². The van der Waals surface area contributed by atoms with E-state index in [1.807, 2.05) is 51.2 Å². The third-order valence-electron chi connectivity index (χ3n) is 2.83. The van der Waals surface area contributed by atoms with Gasteiger partial charge in [0, 0.05) is 11.9 Å². The van der Waals surface area contributed by atoms with Gasteiger partial charge in [0.1, 0.15) is 0 Å². The van der Waals surface area contributed by atoms with Gasteiger partial charge in [-0.3, -0.25) is 4.79 Å². The fourth-order valence-electron chi connectivity index (χ4n) is 2.20. The average molecular weight is 224 g/mol. The molecule has 1 unspecified atom stereocenters. The van der Waals surface area contributed by atoms with Crippen molar-refractivity contribution in [3.63, 3.8) is 0 Å². The van der Waals surface area contributed by atoms with Gasteiger partial charge in [0.2, 0.25) is 0 Å². The molecule has 1 N–H and O–H groups in total. The predicted octanol–water partition coefficient (Wildman–Crippen LogP) is 1.82. The van der Waals surface area contributed by atoms with Gasteiger partial charge in [-0.05, 0) is 40.1 Å². The highest BCUT2D eigenvalue weighted by atomic mass is 16.5. The number of ether oxygens (including phenoxy) is 1. The summed E-state index contributed by atoms with van der Waals surface area (Å²) in [5.41, 5.74) is 0.420. The molecule has 90 valence electrons. The maximum atomic E-state index is 11.8. The van der Waals surface area contributed by atoms with E-state index in [1.54, 1.807) is 0 Å². The number of nitrogens with one attached hydrogen (secondary N) is 1. The van der Waals surface area contributed by atoms with Crippen LogP contribution in [-0.2, 0) is 9.53 Å². The standard InChI is InChI=1S/C12H20N2O2/c1-12(2,11(15)16-5)10(14(3)4)9-7-6-8-13-9/h6-8,10,13H,1-5H3. The van der Waals surface area contributed by atoms with Gasteiger partial charge in [-0.15, -0.1) is 0 Å². The Morgan fingerprint density at radius 2 is 2.12 bits per heavy atom. The second-order valence-corrected chi connectivity index (χ2v) is 4.70. The number of esters is 1. The fraction of sp³-hybridized carbons (Fsp3) is 0.583. The Hall–Kier alpha value is -1.29. The van der Waals surface area contributed by atoms with Crippen molar-refractivity contribution in [2.45, 2.75) is 19.9 Å². The highest BCUT2D eigenvalue weighted by Crippen LogP contribution is 2.37. The molecule has 0 aromatic carbocycles. The Morgan fingerprint density at radius 3 is 2.50 bits per heavy atom. The van der Waals surface area contributed by atoms with Crippen molar-refractivity contribution in [1.29, 1.82) is 0 Å². The van der Waals surface area contributed by atoms with Gasteiger partial charge in [-0.2, -0.15) is 0 Å². The monoisotopic (exact) mass is 224 g/mol. The molecule has 1 aromatic heterocycles. The maximum absolute atomic E-state index is 11.8. The van der Waals surface area contributed by atoms with Crippen LogP contribution >= 0.6 is 0 Å². The molecule has 0 radical (unpaired) electrons. The summed E-state index contributed by atoms with van der Waals surface area (Å²) in [5, 5.41) is 0. The summed E-state index contributed by atoms with van der Waals surface area (Å²) < 4.78 is 4.86. The molecular weight excluding hydrogens is 204 g/mol. The largest absolute Gasteiger partial charge is 0.469 e. The zero-order valence-corrected chi connectivity index (χ0v) is 10.6. The lowest BCUT2D eigenvalue weighted by molar-refractivity contribution is -0.154. The van der Waals surface area contributed by atoms with Crippen LogP contribution in [0.3, 0.4) is 0 Å². The van der Waals surface area contributed by atoms with E-state index in [2.05, 4.69) is 4.98 Å². The minimum Gasteiger partial charge on any atom is -0.469 e. The van der Waals surface area contributed by atoms with Crippen molar-refractivity contribution in [2.75, 3.05) is 21.2 Å². The van der Waals surface area contributed by atoms with Gasteiger partial charge in [0.15, 0.2) is 0 Å². The summed E-state index contributed by atoms with van der Waals surface area (Å²) in [6.45, 7) is 3.79.